The molecule has 112 valence electrons. The molecule has 8 nitrogen and oxygen atoms in total. The first-order valence-electron chi connectivity index (χ1n) is 6.77. The molecule has 0 spiro atoms. The van der Waals surface area contributed by atoms with E-state index in [9.17, 15) is 4.79 Å². The summed E-state index contributed by atoms with van der Waals surface area (Å²) in [4.78, 5) is 12.5. The molecule has 0 radical (unpaired) electrons. The number of anilines is 1. The van der Waals surface area contributed by atoms with E-state index in [2.05, 4.69) is 25.7 Å². The number of nitrogens with one attached hydrogen (secondary N) is 1. The number of rotatable bonds is 4. The zero-order valence-electron chi connectivity index (χ0n) is 12.1. The van der Waals surface area contributed by atoms with Crippen LogP contribution in [0, 0.1) is 0 Å². The Bertz CT molecular complexity index is 750. The number of aromatic amines is 1. The lowest BCUT2D eigenvalue weighted by atomic mass is 10.1. The third-order valence-corrected chi connectivity index (χ3v) is 3.10. The van der Waals surface area contributed by atoms with E-state index in [1.165, 1.54) is 0 Å². The van der Waals surface area contributed by atoms with Crippen LogP contribution < -0.4 is 9.75 Å². The van der Waals surface area contributed by atoms with Gasteiger partial charge in [-0.25, -0.2) is 0 Å². The summed E-state index contributed by atoms with van der Waals surface area (Å²) >= 11 is 0. The number of carbonyl (C=O) groups excluding carboxylic acids is 1. The second-order valence-corrected chi connectivity index (χ2v) is 4.54. The molecule has 0 atom stereocenters. The first-order valence-corrected chi connectivity index (χ1v) is 6.77. The van der Waals surface area contributed by atoms with Gasteiger partial charge >= 0.3 is 0 Å². The molecular formula is C14H14N6O2. The van der Waals surface area contributed by atoms with Crippen LogP contribution in [-0.2, 0) is 4.79 Å². The fourth-order valence-corrected chi connectivity index (χ4v) is 2.11. The van der Waals surface area contributed by atoms with Crippen molar-refractivity contribution in [1.29, 1.82) is 0 Å². The molecule has 1 aromatic heterocycles. The number of tetrazole rings is 1. The Morgan fingerprint density at radius 1 is 1.36 bits per heavy atom. The van der Waals surface area contributed by atoms with E-state index in [1.54, 1.807) is 13.0 Å². The van der Waals surface area contributed by atoms with Gasteiger partial charge in [0.05, 0.1) is 17.9 Å². The van der Waals surface area contributed by atoms with E-state index >= 15 is 0 Å². The van der Waals surface area contributed by atoms with Gasteiger partial charge in [0, 0.05) is 5.56 Å². The SMILES string of the molecule is CCOc1ccccc1C=C1C(=O)N(c2nn[nH]n2)N=C1C. The molecule has 3 rings (SSSR count). The molecule has 2 aromatic rings. The predicted octanol–water partition coefficient (Wildman–Crippen LogP) is 1.40. The Labute approximate surface area is 126 Å². The van der Waals surface area contributed by atoms with Gasteiger partial charge in [0.25, 0.3) is 11.9 Å². The average Bonchev–Trinajstić information content (AvgIpc) is 3.13. The van der Waals surface area contributed by atoms with Crippen LogP contribution in [0.15, 0.2) is 34.9 Å². The second-order valence-electron chi connectivity index (χ2n) is 4.54. The second kappa shape index (κ2) is 5.76. The largest absolute Gasteiger partial charge is 0.493 e. The maximum absolute atomic E-state index is 12.5. The predicted molar refractivity (Wildman–Crippen MR) is 80.4 cm³/mol. The lowest BCUT2D eigenvalue weighted by molar-refractivity contribution is -0.114. The summed E-state index contributed by atoms with van der Waals surface area (Å²) in [5, 5.41) is 18.6. The Morgan fingerprint density at radius 2 is 2.18 bits per heavy atom. The summed E-state index contributed by atoms with van der Waals surface area (Å²) < 4.78 is 5.57. The maximum Gasteiger partial charge on any atom is 0.293 e. The quantitative estimate of drug-likeness (QED) is 0.861. The van der Waals surface area contributed by atoms with E-state index in [0.717, 1.165) is 16.3 Å². The Hall–Kier alpha value is -3.03. The van der Waals surface area contributed by atoms with E-state index in [4.69, 9.17) is 4.74 Å². The van der Waals surface area contributed by atoms with Gasteiger partial charge in [0.15, 0.2) is 0 Å². The fraction of sp³-hybridized carbons (Fsp3) is 0.214. The molecule has 0 saturated heterocycles. The third kappa shape index (κ3) is 2.46. The number of hydrazone groups is 1. The summed E-state index contributed by atoms with van der Waals surface area (Å²) in [5.41, 5.74) is 1.87. The Balaban J connectivity index is 1.96. The lowest BCUT2D eigenvalue weighted by Gasteiger charge is -2.08. The van der Waals surface area contributed by atoms with Crippen molar-refractivity contribution in [3.63, 3.8) is 0 Å². The number of para-hydroxylation sites is 1. The van der Waals surface area contributed by atoms with E-state index < -0.39 is 0 Å². The van der Waals surface area contributed by atoms with Crippen LogP contribution in [0.25, 0.3) is 6.08 Å². The standard InChI is InChI=1S/C14H14N6O2/c1-3-22-12-7-5-4-6-10(12)8-11-9(2)17-20(13(11)21)14-15-18-19-16-14/h4-8H,3H2,1-2H3,(H,15,16,18,19). The van der Waals surface area contributed by atoms with Crippen molar-refractivity contribution >= 4 is 23.6 Å². The number of ether oxygens (including phenoxy) is 1. The van der Waals surface area contributed by atoms with Crippen molar-refractivity contribution in [1.82, 2.24) is 20.6 Å². The van der Waals surface area contributed by atoms with Crippen LogP contribution in [-0.4, -0.2) is 38.8 Å². The van der Waals surface area contributed by atoms with Crippen LogP contribution in [0.5, 0.6) is 5.75 Å². The van der Waals surface area contributed by atoms with Crippen LogP contribution in [0.3, 0.4) is 0 Å². The number of benzene rings is 1. The number of nitrogens with zero attached hydrogens (tertiary/aromatic N) is 5. The number of carbonyl (C=O) groups is 1. The highest BCUT2D eigenvalue weighted by Gasteiger charge is 2.31. The summed E-state index contributed by atoms with van der Waals surface area (Å²) in [6, 6.07) is 7.52. The van der Waals surface area contributed by atoms with Gasteiger partial charge in [-0.2, -0.15) is 15.3 Å². The number of amides is 1. The molecule has 1 aliphatic heterocycles. The van der Waals surface area contributed by atoms with Gasteiger partial charge in [-0.1, -0.05) is 23.3 Å². The van der Waals surface area contributed by atoms with Gasteiger partial charge in [0.1, 0.15) is 5.75 Å². The number of aromatic nitrogens is 4. The zero-order chi connectivity index (χ0) is 15.5. The van der Waals surface area contributed by atoms with Gasteiger partial charge < -0.3 is 4.74 Å². The monoisotopic (exact) mass is 298 g/mol. The molecule has 0 unspecified atom stereocenters. The minimum Gasteiger partial charge on any atom is -0.493 e. The molecule has 0 fully saturated rings. The molecule has 0 bridgehead atoms. The minimum absolute atomic E-state index is 0.117. The smallest absolute Gasteiger partial charge is 0.293 e. The van der Waals surface area contributed by atoms with Gasteiger partial charge in [-0.15, -0.1) is 5.10 Å². The number of H-pyrrole nitrogens is 1. The van der Waals surface area contributed by atoms with Crippen molar-refractivity contribution < 1.29 is 9.53 Å². The molecule has 1 aliphatic rings. The van der Waals surface area contributed by atoms with E-state index in [-0.39, 0.29) is 11.9 Å². The van der Waals surface area contributed by atoms with Crippen LogP contribution >= 0.6 is 0 Å². The fourth-order valence-electron chi connectivity index (χ4n) is 2.11. The molecule has 8 heteroatoms. The topological polar surface area (TPSA) is 96.4 Å². The van der Waals surface area contributed by atoms with Crippen molar-refractivity contribution in [3.8, 4) is 5.75 Å². The highest BCUT2D eigenvalue weighted by atomic mass is 16.5. The summed E-state index contributed by atoms with van der Waals surface area (Å²) in [6.07, 6.45) is 1.76. The lowest BCUT2D eigenvalue weighted by Crippen LogP contribution is -2.22. The Morgan fingerprint density at radius 3 is 2.91 bits per heavy atom. The zero-order valence-corrected chi connectivity index (χ0v) is 12.1. The van der Waals surface area contributed by atoms with Gasteiger partial charge in [-0.3, -0.25) is 4.79 Å². The average molecular weight is 298 g/mol. The summed E-state index contributed by atoms with van der Waals surface area (Å²) in [5.74, 6) is 0.534. The molecule has 22 heavy (non-hydrogen) atoms. The highest BCUT2D eigenvalue weighted by Crippen LogP contribution is 2.25. The summed E-state index contributed by atoms with van der Waals surface area (Å²) in [6.45, 7) is 4.22. The normalized spacial score (nSPS) is 16.3. The minimum atomic E-state index is -0.301. The first kappa shape index (κ1) is 13.9. The molecule has 1 N–H and O–H groups in total. The van der Waals surface area contributed by atoms with Crippen molar-refractivity contribution in [2.45, 2.75) is 13.8 Å². The third-order valence-electron chi connectivity index (χ3n) is 3.10. The van der Waals surface area contributed by atoms with Crippen LogP contribution in [0.2, 0.25) is 0 Å². The van der Waals surface area contributed by atoms with E-state index in [0.29, 0.717) is 17.9 Å². The van der Waals surface area contributed by atoms with E-state index in [1.807, 2.05) is 31.2 Å². The first-order chi connectivity index (χ1) is 10.7. The van der Waals surface area contributed by atoms with Crippen molar-refractivity contribution in [2.24, 2.45) is 5.10 Å². The van der Waals surface area contributed by atoms with Crippen molar-refractivity contribution in [2.75, 3.05) is 11.6 Å². The van der Waals surface area contributed by atoms with Crippen molar-refractivity contribution in [3.05, 3.63) is 35.4 Å². The van der Waals surface area contributed by atoms with Gasteiger partial charge in [-0.05, 0) is 31.2 Å². The molecule has 2 heterocycles. The highest BCUT2D eigenvalue weighted by molar-refractivity contribution is 6.31. The molecule has 1 amide bonds. The Kier molecular flexibility index (Phi) is 3.65. The summed E-state index contributed by atoms with van der Waals surface area (Å²) in [7, 11) is 0. The number of hydrogen-bond acceptors (Lipinski definition) is 6. The molecule has 1 aromatic carbocycles. The van der Waals surface area contributed by atoms with Gasteiger partial charge in [0.2, 0.25) is 0 Å². The molecule has 0 saturated carbocycles. The van der Waals surface area contributed by atoms with Crippen LogP contribution in [0.4, 0.5) is 5.95 Å². The number of hydrogen-bond donors (Lipinski definition) is 1. The molecule has 0 aliphatic carbocycles. The maximum atomic E-state index is 12.5. The molecular weight excluding hydrogens is 284 g/mol. The van der Waals surface area contributed by atoms with Crippen LogP contribution in [0.1, 0.15) is 19.4 Å².